The van der Waals surface area contributed by atoms with Crippen molar-refractivity contribution in [2.75, 3.05) is 24.6 Å². The Morgan fingerprint density at radius 2 is 2.00 bits per heavy atom. The minimum absolute atomic E-state index is 0.0407. The molecule has 0 radical (unpaired) electrons. The Morgan fingerprint density at radius 1 is 1.28 bits per heavy atom. The number of aromatic nitrogens is 1. The second kappa shape index (κ2) is 12.2. The summed E-state index contributed by atoms with van der Waals surface area (Å²) in [5.41, 5.74) is 1.75. The summed E-state index contributed by atoms with van der Waals surface area (Å²) >= 11 is 6.84. The van der Waals surface area contributed by atoms with Gasteiger partial charge in [0.05, 0.1) is 23.5 Å². The van der Waals surface area contributed by atoms with Crippen molar-refractivity contribution in [1.82, 2.24) is 9.47 Å². The zero-order valence-corrected chi connectivity index (χ0v) is 24.2. The van der Waals surface area contributed by atoms with E-state index >= 15 is 0 Å². The number of carbonyl (C=O) groups is 2. The molecule has 204 valence electrons. The van der Waals surface area contributed by atoms with E-state index < -0.39 is 0 Å². The first kappa shape index (κ1) is 28.6. The number of thioether (sulfide) groups is 1. The summed E-state index contributed by atoms with van der Waals surface area (Å²) in [5, 5.41) is 9.85. The van der Waals surface area contributed by atoms with E-state index in [-0.39, 0.29) is 35.0 Å². The van der Waals surface area contributed by atoms with Crippen LogP contribution in [0.1, 0.15) is 61.9 Å². The molecule has 39 heavy (non-hydrogen) atoms. The maximum atomic E-state index is 13.7. The molecule has 0 aliphatic carbocycles. The molecule has 2 fully saturated rings. The molecule has 2 atom stereocenters. The molecular weight excluding hydrogens is 532 g/mol. The molecule has 10 heteroatoms. The number of anilines is 1. The average molecular weight is 565 g/mol. The van der Waals surface area contributed by atoms with Gasteiger partial charge in [0.25, 0.3) is 11.5 Å². The Bertz CT molecular complexity index is 1430. The van der Waals surface area contributed by atoms with Crippen molar-refractivity contribution in [1.29, 1.82) is 5.26 Å². The van der Waals surface area contributed by atoms with Gasteiger partial charge >= 0.3 is 5.97 Å². The highest BCUT2D eigenvalue weighted by atomic mass is 32.2. The fourth-order valence-electron chi connectivity index (χ4n) is 5.23. The van der Waals surface area contributed by atoms with Crippen LogP contribution in [0.4, 0.5) is 5.82 Å². The Hall–Kier alpha value is -3.42. The van der Waals surface area contributed by atoms with Crippen molar-refractivity contribution in [3.8, 4) is 6.07 Å². The number of nitriles is 1. The van der Waals surface area contributed by atoms with Gasteiger partial charge in [0, 0.05) is 25.2 Å². The van der Waals surface area contributed by atoms with E-state index in [4.69, 9.17) is 17.0 Å². The predicted octanol–water partition coefficient (Wildman–Crippen LogP) is 4.79. The monoisotopic (exact) mass is 564 g/mol. The fourth-order valence-corrected chi connectivity index (χ4v) is 6.63. The third-order valence-electron chi connectivity index (χ3n) is 7.27. The number of carbonyl (C=O) groups excluding carboxylic acids is 2. The molecule has 1 aromatic heterocycles. The number of nitrogens with zero attached hydrogens (tertiary/aromatic N) is 4. The molecule has 0 spiro atoms. The lowest BCUT2D eigenvalue weighted by molar-refractivity contribution is -0.148. The third-order valence-corrected chi connectivity index (χ3v) is 8.60. The van der Waals surface area contributed by atoms with E-state index in [9.17, 15) is 19.6 Å². The van der Waals surface area contributed by atoms with Gasteiger partial charge in [-0.05, 0) is 57.7 Å². The Balaban J connectivity index is 1.82. The lowest BCUT2D eigenvalue weighted by Crippen LogP contribution is -2.43. The highest BCUT2D eigenvalue weighted by Crippen LogP contribution is 2.40. The van der Waals surface area contributed by atoms with Crippen molar-refractivity contribution < 1.29 is 14.3 Å². The quantitative estimate of drug-likeness (QED) is 0.269. The SMILES string of the molecule is CCOC(=O)C1CCCN(c2c(/C=C3\SC(=S)N(C(C)c4ccccc4)C3=O)c(C)c(C#N)c(=O)n2CC)C1. The van der Waals surface area contributed by atoms with Gasteiger partial charge in [0.2, 0.25) is 0 Å². The van der Waals surface area contributed by atoms with Crippen LogP contribution in [0.15, 0.2) is 40.0 Å². The molecular formula is C29H32N4O4S2. The van der Waals surface area contributed by atoms with Crippen LogP contribution in [0, 0.1) is 24.2 Å². The van der Waals surface area contributed by atoms with E-state index in [1.54, 1.807) is 29.4 Å². The Labute approximate surface area is 238 Å². The molecule has 2 unspecified atom stereocenters. The highest BCUT2D eigenvalue weighted by Gasteiger charge is 2.37. The molecule has 2 aliphatic heterocycles. The molecule has 8 nitrogen and oxygen atoms in total. The first-order valence-electron chi connectivity index (χ1n) is 13.1. The molecule has 0 N–H and O–H groups in total. The van der Waals surface area contributed by atoms with E-state index in [0.29, 0.717) is 58.8 Å². The van der Waals surface area contributed by atoms with Gasteiger partial charge in [-0.15, -0.1) is 0 Å². The number of hydrogen-bond acceptors (Lipinski definition) is 8. The summed E-state index contributed by atoms with van der Waals surface area (Å²) in [6.45, 7) is 8.95. The number of benzene rings is 1. The first-order chi connectivity index (χ1) is 18.7. The van der Waals surface area contributed by atoms with Crippen molar-refractivity contribution in [2.45, 2.75) is 53.1 Å². The summed E-state index contributed by atoms with van der Waals surface area (Å²) in [7, 11) is 0. The molecule has 3 heterocycles. The summed E-state index contributed by atoms with van der Waals surface area (Å²) in [5.74, 6) is -0.194. The van der Waals surface area contributed by atoms with Crippen LogP contribution in [0.2, 0.25) is 0 Å². The number of ether oxygens (including phenoxy) is 1. The average Bonchev–Trinajstić information content (AvgIpc) is 3.22. The van der Waals surface area contributed by atoms with Crippen molar-refractivity contribution in [3.05, 3.63) is 67.8 Å². The zero-order valence-electron chi connectivity index (χ0n) is 22.6. The fraction of sp³-hybridized carbons (Fsp3) is 0.414. The molecule has 4 rings (SSSR count). The molecule has 0 bridgehead atoms. The van der Waals surface area contributed by atoms with E-state index in [2.05, 4.69) is 6.07 Å². The Kier molecular flexibility index (Phi) is 8.93. The number of amides is 1. The summed E-state index contributed by atoms with van der Waals surface area (Å²) in [6.07, 6.45) is 3.20. The van der Waals surface area contributed by atoms with E-state index in [0.717, 1.165) is 12.0 Å². The van der Waals surface area contributed by atoms with Crippen molar-refractivity contribution in [2.24, 2.45) is 5.92 Å². The minimum atomic E-state index is -0.381. The van der Waals surface area contributed by atoms with Crippen LogP contribution in [-0.2, 0) is 20.9 Å². The predicted molar refractivity (Wildman–Crippen MR) is 157 cm³/mol. The van der Waals surface area contributed by atoms with Gasteiger partial charge in [-0.25, -0.2) is 0 Å². The number of pyridine rings is 1. The van der Waals surface area contributed by atoms with E-state index in [1.807, 2.05) is 49.1 Å². The molecule has 2 aromatic rings. The first-order valence-corrected chi connectivity index (χ1v) is 14.4. The van der Waals surface area contributed by atoms with Crippen LogP contribution in [0.5, 0.6) is 0 Å². The van der Waals surface area contributed by atoms with Gasteiger partial charge < -0.3 is 9.64 Å². The van der Waals surface area contributed by atoms with Gasteiger partial charge in [-0.3, -0.25) is 23.9 Å². The van der Waals surface area contributed by atoms with Crippen LogP contribution >= 0.6 is 24.0 Å². The van der Waals surface area contributed by atoms with Gasteiger partial charge in [-0.2, -0.15) is 5.26 Å². The molecule has 1 amide bonds. The number of piperidine rings is 1. The van der Waals surface area contributed by atoms with Crippen LogP contribution < -0.4 is 10.5 Å². The normalized spacial score (nSPS) is 19.4. The maximum Gasteiger partial charge on any atom is 0.310 e. The Morgan fingerprint density at radius 3 is 2.64 bits per heavy atom. The van der Waals surface area contributed by atoms with Crippen LogP contribution in [0.25, 0.3) is 6.08 Å². The lowest BCUT2D eigenvalue weighted by Gasteiger charge is -2.36. The minimum Gasteiger partial charge on any atom is -0.466 e. The highest BCUT2D eigenvalue weighted by molar-refractivity contribution is 8.26. The summed E-state index contributed by atoms with van der Waals surface area (Å²) in [4.78, 5) is 43.6. The lowest BCUT2D eigenvalue weighted by atomic mass is 9.96. The third kappa shape index (κ3) is 5.52. The number of rotatable bonds is 7. The molecule has 2 aliphatic rings. The summed E-state index contributed by atoms with van der Waals surface area (Å²) in [6, 6.07) is 11.5. The molecule has 1 aromatic carbocycles. The van der Waals surface area contributed by atoms with Crippen LogP contribution in [-0.4, -0.2) is 45.4 Å². The van der Waals surface area contributed by atoms with Gasteiger partial charge in [0.1, 0.15) is 21.8 Å². The van der Waals surface area contributed by atoms with Gasteiger partial charge in [0.15, 0.2) is 0 Å². The molecule has 0 saturated carbocycles. The number of thiocarbonyl (C=S) groups is 1. The largest absolute Gasteiger partial charge is 0.466 e. The smallest absolute Gasteiger partial charge is 0.310 e. The van der Waals surface area contributed by atoms with Gasteiger partial charge in [-0.1, -0.05) is 54.3 Å². The summed E-state index contributed by atoms with van der Waals surface area (Å²) < 4.78 is 7.30. The molecule has 2 saturated heterocycles. The van der Waals surface area contributed by atoms with E-state index in [1.165, 1.54) is 11.8 Å². The number of hydrogen-bond donors (Lipinski definition) is 0. The second-order valence-corrected chi connectivity index (χ2v) is 11.2. The van der Waals surface area contributed by atoms with Crippen molar-refractivity contribution >= 4 is 52.1 Å². The van der Waals surface area contributed by atoms with Crippen molar-refractivity contribution in [3.63, 3.8) is 0 Å². The zero-order chi connectivity index (χ0) is 28.3. The topological polar surface area (TPSA) is 95.6 Å². The van der Waals surface area contributed by atoms with Crippen LogP contribution in [0.3, 0.4) is 0 Å². The number of esters is 1. The second-order valence-electron chi connectivity index (χ2n) is 9.57. The standard InChI is InChI=1S/C29H32N4O4S2/c1-5-32-25(31-14-10-13-21(17-31)28(36)37-6-2)22(18(3)23(16-30)26(32)34)15-24-27(35)33(29(38)39-24)19(4)20-11-8-7-9-12-20/h7-9,11-12,15,19,21H,5-6,10,13-14,17H2,1-4H3/b24-15-. The maximum absolute atomic E-state index is 13.7.